The predicted octanol–water partition coefficient (Wildman–Crippen LogP) is 1.90. The number of allylic oxidation sites excluding steroid dienone is 1. The summed E-state index contributed by atoms with van der Waals surface area (Å²) >= 11 is 0. The first-order valence-corrected chi connectivity index (χ1v) is 4.01. The first-order valence-electron chi connectivity index (χ1n) is 4.01. The van der Waals surface area contributed by atoms with Crippen LogP contribution < -0.4 is 0 Å². The highest BCUT2D eigenvalue weighted by Gasteiger charge is 2.29. The van der Waals surface area contributed by atoms with Gasteiger partial charge in [-0.15, -0.1) is 0 Å². The lowest BCUT2D eigenvalue weighted by Gasteiger charge is -2.11. The number of hydrogen-bond donors (Lipinski definition) is 0. The maximum Gasteiger partial charge on any atom is 0.334 e. The topological polar surface area (TPSA) is 26.3 Å². The molecule has 1 unspecified atom stereocenters. The molecule has 1 rings (SSSR count). The molecular formula is C9H14O2. The highest BCUT2D eigenvalue weighted by Crippen LogP contribution is 2.25. The van der Waals surface area contributed by atoms with Crippen LogP contribution in [0.15, 0.2) is 11.6 Å². The van der Waals surface area contributed by atoms with Crippen molar-refractivity contribution in [3.05, 3.63) is 11.6 Å². The summed E-state index contributed by atoms with van der Waals surface area (Å²) in [5.74, 6) is 0.294. The Labute approximate surface area is 67.2 Å². The maximum atomic E-state index is 11.0. The Morgan fingerprint density at radius 2 is 2.27 bits per heavy atom. The van der Waals surface area contributed by atoms with Gasteiger partial charge >= 0.3 is 5.97 Å². The van der Waals surface area contributed by atoms with Gasteiger partial charge < -0.3 is 4.74 Å². The van der Waals surface area contributed by atoms with Crippen LogP contribution in [0.5, 0.6) is 0 Å². The molecule has 1 aliphatic rings. The van der Waals surface area contributed by atoms with Crippen molar-refractivity contribution < 1.29 is 9.53 Å². The van der Waals surface area contributed by atoms with Crippen LogP contribution >= 0.6 is 0 Å². The minimum atomic E-state index is -0.133. The quantitative estimate of drug-likeness (QED) is 0.426. The van der Waals surface area contributed by atoms with Gasteiger partial charge in [0.25, 0.3) is 0 Å². The highest BCUT2D eigenvalue weighted by molar-refractivity contribution is 5.90. The van der Waals surface area contributed by atoms with Gasteiger partial charge in [-0.1, -0.05) is 19.9 Å². The third-order valence-electron chi connectivity index (χ3n) is 2.03. The van der Waals surface area contributed by atoms with Gasteiger partial charge in [-0.2, -0.15) is 0 Å². The molecule has 1 heterocycles. The van der Waals surface area contributed by atoms with Gasteiger partial charge in [0.05, 0.1) is 0 Å². The van der Waals surface area contributed by atoms with Crippen LogP contribution in [0.25, 0.3) is 0 Å². The van der Waals surface area contributed by atoms with Gasteiger partial charge in [-0.25, -0.2) is 4.79 Å². The number of hydrogen-bond acceptors (Lipinski definition) is 2. The molecule has 0 spiro atoms. The van der Waals surface area contributed by atoms with Crippen molar-refractivity contribution in [2.75, 3.05) is 0 Å². The molecule has 1 atom stereocenters. The molecule has 0 radical (unpaired) electrons. The van der Waals surface area contributed by atoms with E-state index in [0.717, 1.165) is 12.0 Å². The molecular weight excluding hydrogens is 140 g/mol. The van der Waals surface area contributed by atoms with E-state index in [-0.39, 0.29) is 12.1 Å². The van der Waals surface area contributed by atoms with E-state index in [9.17, 15) is 4.79 Å². The fraction of sp³-hybridized carbons (Fsp3) is 0.667. The molecule has 11 heavy (non-hydrogen) atoms. The fourth-order valence-electron chi connectivity index (χ4n) is 1.16. The zero-order valence-electron chi connectivity index (χ0n) is 7.26. The van der Waals surface area contributed by atoms with Crippen molar-refractivity contribution in [2.24, 2.45) is 5.92 Å². The Balaban J connectivity index is 2.64. The molecule has 2 heteroatoms. The van der Waals surface area contributed by atoms with Crippen LogP contribution in [-0.4, -0.2) is 12.1 Å². The Morgan fingerprint density at radius 3 is 2.55 bits per heavy atom. The van der Waals surface area contributed by atoms with Crippen LogP contribution in [0.2, 0.25) is 0 Å². The van der Waals surface area contributed by atoms with Crippen molar-refractivity contribution in [1.29, 1.82) is 0 Å². The average molecular weight is 154 g/mol. The Bertz CT molecular complexity index is 192. The van der Waals surface area contributed by atoms with E-state index in [0.29, 0.717) is 5.92 Å². The second kappa shape index (κ2) is 3.07. The molecule has 1 fully saturated rings. The largest absolute Gasteiger partial charge is 0.458 e. The molecule has 0 aromatic rings. The fourth-order valence-corrected chi connectivity index (χ4v) is 1.16. The molecule has 2 nitrogen and oxygen atoms in total. The van der Waals surface area contributed by atoms with Crippen LogP contribution in [-0.2, 0) is 9.53 Å². The van der Waals surface area contributed by atoms with E-state index < -0.39 is 0 Å². The standard InChI is InChI=1S/C9H14O2/c1-4-7-5-8(6(2)3)11-9(7)10/h4,6,8H,5H2,1-3H3/b7-4+. The molecule has 0 saturated carbocycles. The van der Waals surface area contributed by atoms with Crippen molar-refractivity contribution in [3.8, 4) is 0 Å². The summed E-state index contributed by atoms with van der Waals surface area (Å²) in [6.07, 6.45) is 2.73. The normalized spacial score (nSPS) is 28.2. The van der Waals surface area contributed by atoms with E-state index in [1.807, 2.05) is 13.0 Å². The van der Waals surface area contributed by atoms with Crippen molar-refractivity contribution in [3.63, 3.8) is 0 Å². The molecule has 1 aliphatic heterocycles. The van der Waals surface area contributed by atoms with Gasteiger partial charge in [0.2, 0.25) is 0 Å². The first-order chi connectivity index (χ1) is 5.15. The van der Waals surface area contributed by atoms with Crippen LogP contribution in [0.1, 0.15) is 27.2 Å². The van der Waals surface area contributed by atoms with Gasteiger partial charge in [-0.3, -0.25) is 0 Å². The van der Waals surface area contributed by atoms with E-state index in [4.69, 9.17) is 4.74 Å². The SMILES string of the molecule is C/C=C1\CC(C(C)C)OC1=O. The van der Waals surface area contributed by atoms with Crippen molar-refractivity contribution in [2.45, 2.75) is 33.3 Å². The average Bonchev–Trinajstić information content (AvgIpc) is 2.31. The van der Waals surface area contributed by atoms with Gasteiger partial charge in [0.15, 0.2) is 0 Å². The highest BCUT2D eigenvalue weighted by atomic mass is 16.5. The summed E-state index contributed by atoms with van der Waals surface area (Å²) < 4.78 is 5.12. The lowest BCUT2D eigenvalue weighted by atomic mass is 10.0. The lowest BCUT2D eigenvalue weighted by molar-refractivity contribution is -0.140. The molecule has 62 valence electrons. The number of ether oxygens (including phenoxy) is 1. The van der Waals surface area contributed by atoms with Gasteiger partial charge in [0.1, 0.15) is 6.10 Å². The van der Waals surface area contributed by atoms with Crippen LogP contribution in [0.4, 0.5) is 0 Å². The molecule has 0 aliphatic carbocycles. The minimum Gasteiger partial charge on any atom is -0.458 e. The van der Waals surface area contributed by atoms with E-state index in [2.05, 4.69) is 13.8 Å². The Kier molecular flexibility index (Phi) is 2.32. The summed E-state index contributed by atoms with van der Waals surface area (Å²) in [6.45, 7) is 6.01. The maximum absolute atomic E-state index is 11.0. The third-order valence-corrected chi connectivity index (χ3v) is 2.03. The summed E-state index contributed by atoms with van der Waals surface area (Å²) in [6, 6.07) is 0. The molecule has 0 bridgehead atoms. The van der Waals surface area contributed by atoms with Crippen molar-refractivity contribution >= 4 is 5.97 Å². The summed E-state index contributed by atoms with van der Waals surface area (Å²) in [4.78, 5) is 11.0. The predicted molar refractivity (Wildman–Crippen MR) is 43.1 cm³/mol. The number of carbonyl (C=O) groups excluding carboxylic acids is 1. The van der Waals surface area contributed by atoms with E-state index in [1.54, 1.807) is 0 Å². The van der Waals surface area contributed by atoms with Crippen LogP contribution in [0, 0.1) is 5.92 Å². The Morgan fingerprint density at radius 1 is 1.64 bits per heavy atom. The summed E-state index contributed by atoms with van der Waals surface area (Å²) in [7, 11) is 0. The molecule has 0 aromatic carbocycles. The first kappa shape index (κ1) is 8.31. The van der Waals surface area contributed by atoms with Crippen LogP contribution in [0.3, 0.4) is 0 Å². The zero-order valence-corrected chi connectivity index (χ0v) is 7.26. The number of rotatable bonds is 1. The zero-order chi connectivity index (χ0) is 8.43. The Hall–Kier alpha value is -0.790. The number of cyclic esters (lactones) is 1. The molecule has 1 saturated heterocycles. The minimum absolute atomic E-state index is 0.105. The lowest BCUT2D eigenvalue weighted by Crippen LogP contribution is -2.13. The van der Waals surface area contributed by atoms with E-state index in [1.165, 1.54) is 0 Å². The van der Waals surface area contributed by atoms with E-state index >= 15 is 0 Å². The molecule has 0 N–H and O–H groups in total. The monoisotopic (exact) mass is 154 g/mol. The third kappa shape index (κ3) is 1.62. The van der Waals surface area contributed by atoms with Gasteiger partial charge in [0, 0.05) is 12.0 Å². The summed E-state index contributed by atoms with van der Waals surface area (Å²) in [5.41, 5.74) is 0.823. The van der Waals surface area contributed by atoms with Crippen molar-refractivity contribution in [1.82, 2.24) is 0 Å². The van der Waals surface area contributed by atoms with Gasteiger partial charge in [-0.05, 0) is 12.8 Å². The number of esters is 1. The molecule has 0 amide bonds. The summed E-state index contributed by atoms with van der Waals surface area (Å²) in [5, 5.41) is 0. The second-order valence-corrected chi connectivity index (χ2v) is 3.21. The second-order valence-electron chi connectivity index (χ2n) is 3.21. The smallest absolute Gasteiger partial charge is 0.334 e. The molecule has 0 aromatic heterocycles. The number of carbonyl (C=O) groups is 1.